The number of allylic oxidation sites excluding steroid dienone is 3. The monoisotopic (exact) mass is 602 g/mol. The predicted octanol–water partition coefficient (Wildman–Crippen LogP) is 5.15. The number of ether oxygens (including phenoxy) is 2. The smallest absolute Gasteiger partial charge is 0.234 e. The highest BCUT2D eigenvalue weighted by molar-refractivity contribution is 8.01. The third-order valence-corrected chi connectivity index (χ3v) is 9.27. The number of amides is 1. The molecule has 1 aromatic heterocycles. The normalized spacial score (nSPS) is 16.7. The Hall–Kier alpha value is -4.34. The number of Topliss-reactive ketones (excluding diaryl/α,β-unsaturated/α-hetero) is 1. The van der Waals surface area contributed by atoms with Gasteiger partial charge in [-0.3, -0.25) is 14.5 Å². The van der Waals surface area contributed by atoms with Crippen molar-refractivity contribution in [2.45, 2.75) is 42.9 Å². The van der Waals surface area contributed by atoms with Gasteiger partial charge in [0.25, 0.3) is 0 Å². The summed E-state index contributed by atoms with van der Waals surface area (Å²) in [6.45, 7) is 2.08. The van der Waals surface area contributed by atoms with Crippen molar-refractivity contribution in [1.29, 1.82) is 5.26 Å². The van der Waals surface area contributed by atoms with Gasteiger partial charge < -0.3 is 20.5 Å². The first-order chi connectivity index (χ1) is 20.4. The number of ketones is 1. The quantitative estimate of drug-likeness (QED) is 0.316. The van der Waals surface area contributed by atoms with Crippen LogP contribution in [0.25, 0.3) is 0 Å². The van der Waals surface area contributed by atoms with Gasteiger partial charge in [0.1, 0.15) is 17.3 Å². The average Bonchev–Trinajstić information content (AvgIpc) is 3.48. The average molecular weight is 603 g/mol. The minimum atomic E-state index is -0.688. The van der Waals surface area contributed by atoms with Crippen LogP contribution in [0, 0.1) is 11.3 Å². The number of aromatic nitrogens is 2. The van der Waals surface area contributed by atoms with Gasteiger partial charge in [-0.1, -0.05) is 48.2 Å². The molecular formula is C30H30N6O4S2. The predicted molar refractivity (Wildman–Crippen MR) is 163 cm³/mol. The number of nitrogens with zero attached hydrogens (tertiary/aromatic N) is 4. The summed E-state index contributed by atoms with van der Waals surface area (Å²) in [6.07, 6.45) is 2.53. The Labute approximate surface area is 252 Å². The van der Waals surface area contributed by atoms with Crippen LogP contribution in [0.1, 0.15) is 43.2 Å². The fourth-order valence-corrected chi connectivity index (χ4v) is 6.85. The van der Waals surface area contributed by atoms with E-state index in [9.17, 15) is 14.9 Å². The Balaban J connectivity index is 1.43. The molecule has 2 aliphatic rings. The summed E-state index contributed by atoms with van der Waals surface area (Å²) in [4.78, 5) is 27.7. The number of anilines is 2. The highest BCUT2D eigenvalue weighted by Gasteiger charge is 2.42. The molecule has 12 heteroatoms. The maximum Gasteiger partial charge on any atom is 0.234 e. The van der Waals surface area contributed by atoms with Crippen LogP contribution in [-0.2, 0) is 16.0 Å². The molecule has 0 bridgehead atoms. The number of nitrogens with one attached hydrogen (secondary N) is 1. The van der Waals surface area contributed by atoms with Crippen LogP contribution in [0.15, 0.2) is 69.5 Å². The Morgan fingerprint density at radius 3 is 2.67 bits per heavy atom. The number of carbonyl (C=O) groups is 2. The molecule has 1 aliphatic heterocycles. The molecule has 42 heavy (non-hydrogen) atoms. The van der Waals surface area contributed by atoms with Gasteiger partial charge in [0.2, 0.25) is 11.0 Å². The molecule has 1 unspecified atom stereocenters. The van der Waals surface area contributed by atoms with E-state index in [-0.39, 0.29) is 28.8 Å². The second kappa shape index (κ2) is 12.7. The fraction of sp³-hybridized carbons (Fsp3) is 0.300. The number of carbonyl (C=O) groups excluding carboxylic acids is 2. The number of nitrogens with two attached hydrogens (primary N) is 1. The van der Waals surface area contributed by atoms with Gasteiger partial charge in [0.05, 0.1) is 37.5 Å². The van der Waals surface area contributed by atoms with Crippen LogP contribution < -0.4 is 25.4 Å². The van der Waals surface area contributed by atoms with Crippen molar-refractivity contribution in [1.82, 2.24) is 10.2 Å². The van der Waals surface area contributed by atoms with E-state index in [1.54, 1.807) is 30.2 Å². The molecule has 2 aromatic carbocycles. The summed E-state index contributed by atoms with van der Waals surface area (Å²) >= 11 is 2.51. The zero-order valence-electron chi connectivity index (χ0n) is 23.5. The fourth-order valence-electron chi connectivity index (χ4n) is 5.17. The number of hydrogen-bond donors (Lipinski definition) is 2. The number of nitriles is 1. The largest absolute Gasteiger partial charge is 0.497 e. The Morgan fingerprint density at radius 2 is 1.98 bits per heavy atom. The first-order valence-electron chi connectivity index (χ1n) is 13.4. The van der Waals surface area contributed by atoms with Crippen molar-refractivity contribution in [3.8, 4) is 17.6 Å². The number of hydrogen-bond acceptors (Lipinski definition) is 11. The third-order valence-electron chi connectivity index (χ3n) is 7.22. The number of rotatable bonds is 9. The molecule has 0 spiro atoms. The lowest BCUT2D eigenvalue weighted by Crippen LogP contribution is -2.38. The second-order valence-corrected chi connectivity index (χ2v) is 11.8. The van der Waals surface area contributed by atoms with Crippen LogP contribution in [-0.4, -0.2) is 41.9 Å². The maximum atomic E-state index is 13.4. The summed E-state index contributed by atoms with van der Waals surface area (Å²) in [6, 6.07) is 15.3. The molecular weight excluding hydrogens is 573 g/mol. The van der Waals surface area contributed by atoms with Crippen LogP contribution in [0.4, 0.5) is 10.8 Å². The van der Waals surface area contributed by atoms with Crippen molar-refractivity contribution in [2.75, 3.05) is 30.2 Å². The first-order valence-corrected chi connectivity index (χ1v) is 15.2. The second-order valence-electron chi connectivity index (χ2n) is 9.66. The summed E-state index contributed by atoms with van der Waals surface area (Å²) in [5.74, 6) is 0.519. The van der Waals surface area contributed by atoms with Gasteiger partial charge in [-0.25, -0.2) is 0 Å². The van der Waals surface area contributed by atoms with E-state index >= 15 is 0 Å². The lowest BCUT2D eigenvalue weighted by molar-refractivity contribution is -0.116. The van der Waals surface area contributed by atoms with Gasteiger partial charge in [0, 0.05) is 35.0 Å². The van der Waals surface area contributed by atoms with Gasteiger partial charge in [0.15, 0.2) is 10.1 Å². The topological polar surface area (TPSA) is 143 Å². The minimum absolute atomic E-state index is 0.0490. The van der Waals surface area contributed by atoms with Gasteiger partial charge in [-0.2, -0.15) is 5.26 Å². The van der Waals surface area contributed by atoms with Crippen molar-refractivity contribution in [3.63, 3.8) is 0 Å². The zero-order chi connectivity index (χ0) is 29.8. The summed E-state index contributed by atoms with van der Waals surface area (Å²) < 4.78 is 11.5. The maximum absolute atomic E-state index is 13.4. The van der Waals surface area contributed by atoms with Crippen LogP contribution >= 0.6 is 23.1 Å². The number of methoxy groups -OCH3 is 2. The standard InChI is InChI=1S/C30H30N6O4S2/c1-4-17-8-10-18(11-9-17)33-25(38)16-41-30-35-34-29(42-30)36-22-6-5-7-23(37)27(22)26(21(15-31)28(36)32)20-13-12-19(39-2)14-24(20)40-3/h8-14,26H,4-7,16,32H2,1-3H3,(H,33,38). The molecule has 216 valence electrons. The van der Waals surface area contributed by atoms with Gasteiger partial charge in [-0.05, 0) is 43.0 Å². The molecule has 2 heterocycles. The van der Waals surface area contributed by atoms with E-state index in [0.29, 0.717) is 57.1 Å². The summed E-state index contributed by atoms with van der Waals surface area (Å²) in [7, 11) is 3.09. The Kier molecular flexibility index (Phi) is 8.80. The Morgan fingerprint density at radius 1 is 1.19 bits per heavy atom. The molecule has 1 aliphatic carbocycles. The first kappa shape index (κ1) is 29.2. The van der Waals surface area contributed by atoms with Crippen molar-refractivity contribution in [2.24, 2.45) is 5.73 Å². The van der Waals surface area contributed by atoms with Gasteiger partial charge in [-0.15, -0.1) is 10.2 Å². The van der Waals surface area contributed by atoms with E-state index in [0.717, 1.165) is 12.1 Å². The van der Waals surface area contributed by atoms with E-state index in [1.807, 2.05) is 24.3 Å². The zero-order valence-corrected chi connectivity index (χ0v) is 25.1. The van der Waals surface area contributed by atoms with Crippen LogP contribution in [0.3, 0.4) is 0 Å². The molecule has 0 saturated heterocycles. The van der Waals surface area contributed by atoms with E-state index in [2.05, 4.69) is 28.5 Å². The van der Waals surface area contributed by atoms with Crippen molar-refractivity contribution < 1.29 is 19.1 Å². The van der Waals surface area contributed by atoms with Crippen molar-refractivity contribution in [3.05, 3.63) is 76.3 Å². The van der Waals surface area contributed by atoms with E-state index < -0.39 is 5.92 Å². The molecule has 0 saturated carbocycles. The van der Waals surface area contributed by atoms with Crippen molar-refractivity contribution >= 4 is 45.6 Å². The Bertz CT molecular complexity index is 1620. The molecule has 1 atom stereocenters. The highest BCUT2D eigenvalue weighted by atomic mass is 32.2. The number of thioether (sulfide) groups is 1. The van der Waals surface area contributed by atoms with E-state index in [4.69, 9.17) is 15.2 Å². The lowest BCUT2D eigenvalue weighted by atomic mass is 9.75. The molecule has 3 aromatic rings. The number of aryl methyl sites for hydroxylation is 1. The van der Waals surface area contributed by atoms with E-state index in [1.165, 1.54) is 35.8 Å². The number of benzene rings is 2. The molecule has 0 radical (unpaired) electrons. The SMILES string of the molecule is CCc1ccc(NC(=O)CSc2nnc(N3C(N)=C(C#N)C(c4ccc(OC)cc4OC)C4=C3CCCC4=O)s2)cc1. The van der Waals surface area contributed by atoms with Crippen LogP contribution in [0.5, 0.6) is 11.5 Å². The molecule has 10 nitrogen and oxygen atoms in total. The lowest BCUT2D eigenvalue weighted by Gasteiger charge is -2.38. The summed E-state index contributed by atoms with van der Waals surface area (Å²) in [5.41, 5.74) is 10.7. The molecule has 5 rings (SSSR count). The molecule has 0 fully saturated rings. The minimum Gasteiger partial charge on any atom is -0.497 e. The van der Waals surface area contributed by atoms with Crippen LogP contribution in [0.2, 0.25) is 0 Å². The highest BCUT2D eigenvalue weighted by Crippen LogP contribution is 2.49. The van der Waals surface area contributed by atoms with Gasteiger partial charge >= 0.3 is 0 Å². The summed E-state index contributed by atoms with van der Waals surface area (Å²) in [5, 5.41) is 22.2. The molecule has 1 amide bonds. The molecule has 3 N–H and O–H groups in total. The third kappa shape index (κ3) is 5.70.